The predicted molar refractivity (Wildman–Crippen MR) is 101 cm³/mol. The van der Waals surface area contributed by atoms with E-state index >= 15 is 0 Å². The van der Waals surface area contributed by atoms with E-state index in [9.17, 15) is 4.39 Å². The summed E-state index contributed by atoms with van der Waals surface area (Å²) in [6.45, 7) is 4.14. The van der Waals surface area contributed by atoms with Gasteiger partial charge >= 0.3 is 0 Å². The third kappa shape index (κ3) is 2.98. The number of halogens is 1. The van der Waals surface area contributed by atoms with E-state index in [-0.39, 0.29) is 5.83 Å². The van der Waals surface area contributed by atoms with Crippen molar-refractivity contribution in [2.75, 3.05) is 20.1 Å². The second-order valence-corrected chi connectivity index (χ2v) is 6.83. The third-order valence-electron chi connectivity index (χ3n) is 5.05. The largest absolute Gasteiger partial charge is 0.317 e. The Hall–Kier alpha value is -2.46. The van der Waals surface area contributed by atoms with E-state index in [4.69, 9.17) is 0 Å². The van der Waals surface area contributed by atoms with Gasteiger partial charge in [-0.3, -0.25) is 4.98 Å². The lowest BCUT2D eigenvalue weighted by atomic mass is 10.1. The van der Waals surface area contributed by atoms with Crippen LogP contribution in [-0.2, 0) is 12.8 Å². The molecule has 0 N–H and O–H groups in total. The summed E-state index contributed by atoms with van der Waals surface area (Å²) in [5.74, 6) is -0.236. The number of likely N-dealkylation sites (N-methyl/N-ethyl adjacent to an activating group) is 1. The Bertz CT molecular complexity index is 941. The molecule has 0 bridgehead atoms. The third-order valence-corrected chi connectivity index (χ3v) is 5.05. The van der Waals surface area contributed by atoms with Crippen molar-refractivity contribution in [1.82, 2.24) is 14.5 Å². The fraction of sp³-hybridized carbons (Fsp3) is 0.286. The van der Waals surface area contributed by atoms with Crippen molar-refractivity contribution in [3.05, 3.63) is 65.1 Å². The molecule has 2 aromatic heterocycles. The molecule has 0 radical (unpaired) electrons. The minimum absolute atomic E-state index is 0.236. The number of hydrogen-bond donors (Lipinski definition) is 0. The number of aryl methyl sites for hydroxylation is 1. The van der Waals surface area contributed by atoms with Crippen molar-refractivity contribution in [3.63, 3.8) is 0 Å². The summed E-state index contributed by atoms with van der Waals surface area (Å²) in [5, 5.41) is 1.25. The SMILES string of the molecule is Cc1ccc2c(c1)c1c(n2/C=C(\F)c2ccncc2)CCN(C)CC1. The van der Waals surface area contributed by atoms with Crippen molar-refractivity contribution < 1.29 is 4.39 Å². The van der Waals surface area contributed by atoms with Gasteiger partial charge in [-0.15, -0.1) is 0 Å². The summed E-state index contributed by atoms with van der Waals surface area (Å²) in [6, 6.07) is 9.85. The van der Waals surface area contributed by atoms with Crippen molar-refractivity contribution in [2.24, 2.45) is 0 Å². The summed E-state index contributed by atoms with van der Waals surface area (Å²) in [7, 11) is 2.15. The van der Waals surface area contributed by atoms with Gasteiger partial charge in [0.15, 0.2) is 0 Å². The average Bonchev–Trinajstić information content (AvgIpc) is 2.76. The highest BCUT2D eigenvalue weighted by molar-refractivity contribution is 5.90. The molecular weight excluding hydrogens is 313 g/mol. The van der Waals surface area contributed by atoms with Gasteiger partial charge in [-0.2, -0.15) is 0 Å². The quantitative estimate of drug-likeness (QED) is 0.696. The molecule has 0 aliphatic carbocycles. The summed E-state index contributed by atoms with van der Waals surface area (Å²) >= 11 is 0. The minimum Gasteiger partial charge on any atom is -0.317 e. The highest BCUT2D eigenvalue weighted by Crippen LogP contribution is 2.31. The van der Waals surface area contributed by atoms with Gasteiger partial charge in [0.05, 0.1) is 5.52 Å². The van der Waals surface area contributed by atoms with E-state index in [1.54, 1.807) is 30.7 Å². The van der Waals surface area contributed by atoms with Crippen LogP contribution in [0.5, 0.6) is 0 Å². The topological polar surface area (TPSA) is 21.1 Å². The number of rotatable bonds is 2. The van der Waals surface area contributed by atoms with E-state index < -0.39 is 0 Å². The number of hydrogen-bond acceptors (Lipinski definition) is 2. The Balaban J connectivity index is 1.91. The van der Waals surface area contributed by atoms with Gasteiger partial charge < -0.3 is 9.47 Å². The zero-order chi connectivity index (χ0) is 17.4. The molecule has 0 saturated heterocycles. The molecule has 0 fully saturated rings. The fourth-order valence-corrected chi connectivity index (χ4v) is 3.66. The molecule has 3 heterocycles. The van der Waals surface area contributed by atoms with E-state index in [0.717, 1.165) is 31.4 Å². The lowest BCUT2D eigenvalue weighted by Gasteiger charge is -2.12. The van der Waals surface area contributed by atoms with Gasteiger partial charge in [-0.25, -0.2) is 4.39 Å². The van der Waals surface area contributed by atoms with E-state index in [1.165, 1.54) is 22.2 Å². The van der Waals surface area contributed by atoms with Gasteiger partial charge in [0.25, 0.3) is 0 Å². The van der Waals surface area contributed by atoms with Crippen molar-refractivity contribution in [2.45, 2.75) is 19.8 Å². The highest BCUT2D eigenvalue weighted by Gasteiger charge is 2.20. The second kappa shape index (κ2) is 6.45. The second-order valence-electron chi connectivity index (χ2n) is 6.83. The molecule has 3 nitrogen and oxygen atoms in total. The van der Waals surface area contributed by atoms with Crippen LogP contribution in [0.3, 0.4) is 0 Å². The maximum Gasteiger partial charge on any atom is 0.147 e. The zero-order valence-electron chi connectivity index (χ0n) is 14.7. The van der Waals surface area contributed by atoms with Crippen LogP contribution in [0, 0.1) is 6.92 Å². The molecule has 0 spiro atoms. The first-order chi connectivity index (χ1) is 12.1. The smallest absolute Gasteiger partial charge is 0.147 e. The molecule has 0 saturated carbocycles. The van der Waals surface area contributed by atoms with E-state index in [1.807, 2.05) is 0 Å². The molecule has 1 aliphatic heterocycles. The normalized spacial score (nSPS) is 16.0. The van der Waals surface area contributed by atoms with Gasteiger partial charge in [0.2, 0.25) is 0 Å². The van der Waals surface area contributed by atoms with Crippen molar-refractivity contribution >= 4 is 22.9 Å². The van der Waals surface area contributed by atoms with Gasteiger partial charge in [0, 0.05) is 54.7 Å². The highest BCUT2D eigenvalue weighted by atomic mass is 19.1. The van der Waals surface area contributed by atoms with Crippen LogP contribution in [0.4, 0.5) is 4.39 Å². The monoisotopic (exact) mass is 335 g/mol. The Morgan fingerprint density at radius 3 is 2.68 bits per heavy atom. The Labute approximate surface area is 147 Å². The molecule has 3 aromatic rings. The lowest BCUT2D eigenvalue weighted by Crippen LogP contribution is -2.21. The van der Waals surface area contributed by atoms with Crippen molar-refractivity contribution in [3.8, 4) is 0 Å². The predicted octanol–water partition coefficient (Wildman–Crippen LogP) is 4.30. The first-order valence-corrected chi connectivity index (χ1v) is 8.72. The minimum atomic E-state index is -0.236. The summed E-state index contributed by atoms with van der Waals surface area (Å²) in [6.07, 6.45) is 6.81. The average molecular weight is 335 g/mol. The summed E-state index contributed by atoms with van der Waals surface area (Å²) in [4.78, 5) is 6.31. The molecule has 0 atom stereocenters. The van der Waals surface area contributed by atoms with E-state index in [0.29, 0.717) is 5.56 Å². The molecule has 25 heavy (non-hydrogen) atoms. The number of fused-ring (bicyclic) bond motifs is 3. The lowest BCUT2D eigenvalue weighted by molar-refractivity contribution is 0.351. The molecule has 4 heteroatoms. The van der Waals surface area contributed by atoms with E-state index in [2.05, 4.69) is 46.6 Å². The Kier molecular flexibility index (Phi) is 4.14. The Morgan fingerprint density at radius 2 is 1.88 bits per heavy atom. The van der Waals surface area contributed by atoms with Crippen LogP contribution in [-0.4, -0.2) is 34.6 Å². The summed E-state index contributed by atoms with van der Waals surface area (Å²) in [5.41, 5.74) is 5.48. The van der Waals surface area contributed by atoms with Crippen LogP contribution in [0.2, 0.25) is 0 Å². The van der Waals surface area contributed by atoms with Crippen LogP contribution in [0.1, 0.15) is 22.4 Å². The van der Waals surface area contributed by atoms with Gasteiger partial charge in [-0.05, 0) is 50.2 Å². The number of nitrogens with zero attached hydrogens (tertiary/aromatic N) is 3. The van der Waals surface area contributed by atoms with Crippen LogP contribution in [0.25, 0.3) is 22.9 Å². The summed E-state index contributed by atoms with van der Waals surface area (Å²) < 4.78 is 16.9. The standard InChI is InChI=1S/C21H22FN3/c1-15-3-4-20-18(13-15)17-7-11-24(2)12-8-21(17)25(20)14-19(22)16-5-9-23-10-6-16/h3-6,9-10,13-14H,7-8,11-12H2,1-2H3/b19-14-. The molecule has 0 unspecified atom stereocenters. The van der Waals surface area contributed by atoms with Crippen molar-refractivity contribution in [1.29, 1.82) is 0 Å². The van der Waals surface area contributed by atoms with Gasteiger partial charge in [-0.1, -0.05) is 11.6 Å². The van der Waals surface area contributed by atoms with Crippen LogP contribution in [0.15, 0.2) is 42.7 Å². The fourth-order valence-electron chi connectivity index (χ4n) is 3.66. The van der Waals surface area contributed by atoms with Gasteiger partial charge in [0.1, 0.15) is 5.83 Å². The molecule has 1 aliphatic rings. The maximum absolute atomic E-state index is 14.9. The first kappa shape index (κ1) is 16.0. The first-order valence-electron chi connectivity index (χ1n) is 8.72. The number of pyridine rings is 1. The molecular formula is C21H22FN3. The molecule has 0 amide bonds. The molecule has 128 valence electrons. The van der Waals surface area contributed by atoms with Crippen LogP contribution < -0.4 is 0 Å². The zero-order valence-corrected chi connectivity index (χ0v) is 14.7. The number of aromatic nitrogens is 2. The van der Waals surface area contributed by atoms with Crippen LogP contribution >= 0.6 is 0 Å². The molecule has 1 aromatic carbocycles. The molecule has 4 rings (SSSR count). The Morgan fingerprint density at radius 1 is 1.12 bits per heavy atom. The number of benzene rings is 1. The maximum atomic E-state index is 14.9.